The molecule has 12 rings (SSSR count). The summed E-state index contributed by atoms with van der Waals surface area (Å²) >= 11 is 0. The van der Waals surface area contributed by atoms with E-state index in [1.54, 1.807) is 20.7 Å². The van der Waals surface area contributed by atoms with Gasteiger partial charge in [0.25, 0.3) is 0 Å². The molecule has 0 atom stereocenters. The van der Waals surface area contributed by atoms with Crippen molar-refractivity contribution in [2.75, 3.05) is 0 Å². The molecule has 0 aliphatic rings. The summed E-state index contributed by atoms with van der Waals surface area (Å²) < 4.78 is 0. The first-order valence-electron chi connectivity index (χ1n) is 27.9. The first kappa shape index (κ1) is 60.4. The average Bonchev–Trinajstić information content (AvgIpc) is 3.54. The molecule has 82 heavy (non-hydrogen) atoms. The molecule has 0 aromatic heterocycles. The SMILES string of the molecule is C[SiH](c1ccccc1[PH+](c1ccccc1)c1ccccc1)c1ccccc1[PH+](c1ccccc1)c1ccccc1.C[SiH](c1ccccc1[PH+](c1ccccc1)c1ccccc1)c1ccccc1[PH+](c1ccccc1)c1ccccc1.[Cu].[Cu]. The van der Waals surface area contributed by atoms with E-state index in [4.69, 9.17) is 0 Å². The van der Waals surface area contributed by atoms with E-state index in [2.05, 4.69) is 353 Å². The van der Waals surface area contributed by atoms with E-state index in [1.807, 2.05) is 0 Å². The minimum absolute atomic E-state index is 0. The molecule has 0 heterocycles. The number of rotatable bonds is 16. The van der Waals surface area contributed by atoms with Gasteiger partial charge in [-0.05, 0) is 142 Å². The summed E-state index contributed by atoms with van der Waals surface area (Å²) in [5, 5.41) is 24.0. The summed E-state index contributed by atoms with van der Waals surface area (Å²) in [5.74, 6) is 0. The molecular formula is C74H68Cu2P4Si2+4. The van der Waals surface area contributed by atoms with E-state index >= 15 is 0 Å². The van der Waals surface area contributed by atoms with Gasteiger partial charge in [0.2, 0.25) is 0 Å². The van der Waals surface area contributed by atoms with Gasteiger partial charge in [0.05, 0.1) is 31.7 Å². The van der Waals surface area contributed by atoms with Gasteiger partial charge in [0, 0.05) is 34.1 Å². The third-order valence-corrected chi connectivity index (χ3v) is 33.4. The van der Waals surface area contributed by atoms with Gasteiger partial charge >= 0.3 is 0 Å². The van der Waals surface area contributed by atoms with Crippen molar-refractivity contribution in [2.45, 2.75) is 13.1 Å². The van der Waals surface area contributed by atoms with Crippen LogP contribution in [0.4, 0.5) is 0 Å². The zero-order valence-corrected chi connectivity index (χ0v) is 54.3. The molecule has 0 aliphatic heterocycles. The second-order valence-electron chi connectivity index (χ2n) is 20.2. The molecule has 0 saturated heterocycles. The molecular weight excluding hydrogens is 1200 g/mol. The van der Waals surface area contributed by atoms with Crippen LogP contribution < -0.4 is 84.4 Å². The molecule has 0 N–H and O–H groups in total. The summed E-state index contributed by atoms with van der Waals surface area (Å²) in [4.78, 5) is 0. The third-order valence-electron chi connectivity index (χ3n) is 15.3. The molecule has 0 spiro atoms. The number of hydrogen-bond acceptors (Lipinski definition) is 0. The Bertz CT molecular complexity index is 3170. The van der Waals surface area contributed by atoms with Crippen LogP contribution in [0.1, 0.15) is 0 Å². The molecule has 410 valence electrons. The first-order valence-corrected chi connectivity index (χ1v) is 38.5. The standard InChI is InChI=1S/2C37H32P2Si.2Cu/c2*1-40(36-28-16-14-26-34(36)38(30-18-6-2-7-19-30)31-20-8-3-9-21-31)37-29-17-15-27-35(37)39(32-22-10-4-11-23-32)33-24-12-5-13-25-33;;/h2*2-29,40H,1H3;;/p+4. The zero-order chi connectivity index (χ0) is 54.3. The normalized spacial score (nSPS) is 11.0. The van der Waals surface area contributed by atoms with Gasteiger partial charge in [0.15, 0.2) is 0 Å². The maximum Gasteiger partial charge on any atom is 0.110 e. The van der Waals surface area contributed by atoms with Crippen LogP contribution in [0.2, 0.25) is 13.1 Å². The molecule has 0 bridgehead atoms. The van der Waals surface area contributed by atoms with Crippen LogP contribution in [0.3, 0.4) is 0 Å². The van der Waals surface area contributed by atoms with Crippen molar-refractivity contribution in [3.63, 3.8) is 0 Å². The summed E-state index contributed by atoms with van der Waals surface area (Å²) in [6.07, 6.45) is 0. The fraction of sp³-hybridized carbons (Fsp3) is 0.0270. The van der Waals surface area contributed by atoms with Crippen molar-refractivity contribution >= 4 is 134 Å². The predicted octanol–water partition coefficient (Wildman–Crippen LogP) is 9.27. The van der Waals surface area contributed by atoms with Gasteiger partial charge in [0.1, 0.15) is 81.2 Å². The fourth-order valence-electron chi connectivity index (χ4n) is 11.5. The molecule has 12 aromatic carbocycles. The fourth-order valence-corrected chi connectivity index (χ4v) is 30.9. The van der Waals surface area contributed by atoms with Crippen LogP contribution in [0, 0.1) is 0 Å². The molecule has 12 aromatic rings. The minimum atomic E-state index is -1.55. The summed E-state index contributed by atoms with van der Waals surface area (Å²) in [6.45, 7) is 5.09. The molecule has 2 radical (unpaired) electrons. The van der Waals surface area contributed by atoms with E-state index in [9.17, 15) is 0 Å². The maximum atomic E-state index is 2.54. The van der Waals surface area contributed by atoms with Crippen LogP contribution in [0.25, 0.3) is 0 Å². The van der Waals surface area contributed by atoms with E-state index in [-0.39, 0.29) is 34.1 Å². The molecule has 8 heteroatoms. The van der Waals surface area contributed by atoms with Gasteiger partial charge in [-0.3, -0.25) is 0 Å². The Hall–Kier alpha value is -6.17. The second-order valence-corrected chi connectivity index (χ2v) is 35.4. The second kappa shape index (κ2) is 30.4. The van der Waals surface area contributed by atoms with Crippen molar-refractivity contribution in [1.82, 2.24) is 0 Å². The molecule has 0 amide bonds. The molecule has 0 nitrogen and oxygen atoms in total. The molecule has 0 aliphatic carbocycles. The van der Waals surface area contributed by atoms with Crippen molar-refractivity contribution in [3.05, 3.63) is 340 Å². The van der Waals surface area contributed by atoms with E-state index in [0.29, 0.717) is 0 Å². The van der Waals surface area contributed by atoms with Gasteiger partial charge in [-0.1, -0.05) is 231 Å². The van der Waals surface area contributed by atoms with Crippen LogP contribution in [0.5, 0.6) is 0 Å². The minimum Gasteiger partial charge on any atom is -0.0639 e. The molecule has 0 fully saturated rings. The Morgan fingerprint density at radius 3 is 0.439 bits per heavy atom. The van der Waals surface area contributed by atoms with Gasteiger partial charge in [-0.2, -0.15) is 0 Å². The Balaban J connectivity index is 0.000000193. The number of hydrogen-bond donors (Lipinski definition) is 0. The topological polar surface area (TPSA) is 0 Å². The Labute approximate surface area is 516 Å². The monoisotopic (exact) mass is 1260 g/mol. The maximum absolute atomic E-state index is 2.54. The quantitative estimate of drug-likeness (QED) is 0.0670. The van der Waals surface area contributed by atoms with Gasteiger partial charge in [-0.25, -0.2) is 0 Å². The Kier molecular flexibility index (Phi) is 22.4. The smallest absolute Gasteiger partial charge is 0.0639 e. The largest absolute Gasteiger partial charge is 0.110 e. The van der Waals surface area contributed by atoms with Crippen LogP contribution >= 0.6 is 31.7 Å². The third kappa shape index (κ3) is 14.2. The predicted molar refractivity (Wildman–Crippen MR) is 371 cm³/mol. The summed E-state index contributed by atoms with van der Waals surface area (Å²) in [5.41, 5.74) is 0. The van der Waals surface area contributed by atoms with E-state index in [0.717, 1.165) is 0 Å². The summed E-state index contributed by atoms with van der Waals surface area (Å²) in [6, 6.07) is 127. The number of benzene rings is 12. The van der Waals surface area contributed by atoms with Crippen LogP contribution in [-0.2, 0) is 34.1 Å². The van der Waals surface area contributed by atoms with Crippen molar-refractivity contribution < 1.29 is 34.1 Å². The molecule has 0 saturated carbocycles. The van der Waals surface area contributed by atoms with Crippen molar-refractivity contribution in [2.24, 2.45) is 0 Å². The average molecular weight is 1260 g/mol. The van der Waals surface area contributed by atoms with Gasteiger partial charge < -0.3 is 0 Å². The summed E-state index contributed by atoms with van der Waals surface area (Å²) in [7, 11) is -7.71. The Morgan fingerprint density at radius 2 is 0.293 bits per heavy atom. The molecule has 0 unspecified atom stereocenters. The zero-order valence-electron chi connectivity index (χ0n) is 46.1. The van der Waals surface area contributed by atoms with E-state index in [1.165, 1.54) is 63.7 Å². The van der Waals surface area contributed by atoms with Gasteiger partial charge in [-0.15, -0.1) is 0 Å². The van der Waals surface area contributed by atoms with Crippen molar-refractivity contribution in [3.8, 4) is 0 Å². The van der Waals surface area contributed by atoms with E-state index < -0.39 is 49.3 Å². The first-order chi connectivity index (χ1) is 39.6. The van der Waals surface area contributed by atoms with Crippen molar-refractivity contribution in [1.29, 1.82) is 0 Å². The van der Waals surface area contributed by atoms with Crippen LogP contribution in [0.15, 0.2) is 340 Å². The Morgan fingerprint density at radius 1 is 0.171 bits per heavy atom. The van der Waals surface area contributed by atoms with Crippen LogP contribution in [-0.4, -0.2) is 17.6 Å².